The summed E-state index contributed by atoms with van der Waals surface area (Å²) in [5.74, 6) is -2.51. The lowest BCUT2D eigenvalue weighted by Gasteiger charge is -2.24. The summed E-state index contributed by atoms with van der Waals surface area (Å²) >= 11 is 1.47. The number of anilines is 2. The van der Waals surface area contributed by atoms with Crippen molar-refractivity contribution >= 4 is 39.1 Å². The Labute approximate surface area is 184 Å². The number of nitrogens with zero attached hydrogens (tertiary/aromatic N) is 1. The van der Waals surface area contributed by atoms with E-state index in [4.69, 9.17) is 0 Å². The minimum Gasteiger partial charge on any atom is -0.322 e. The van der Waals surface area contributed by atoms with Crippen molar-refractivity contribution in [3.8, 4) is 0 Å². The number of hydrogen-bond acceptors (Lipinski definition) is 4. The van der Waals surface area contributed by atoms with Gasteiger partial charge in [-0.25, -0.2) is 17.2 Å². The van der Waals surface area contributed by atoms with Gasteiger partial charge in [0.25, 0.3) is 10.0 Å². The Balaban J connectivity index is 1.94. The molecule has 0 saturated heterocycles. The van der Waals surface area contributed by atoms with Gasteiger partial charge in [0.05, 0.1) is 16.3 Å². The number of carbonyl (C=O) groups is 1. The van der Waals surface area contributed by atoms with Crippen LogP contribution < -0.4 is 9.62 Å². The third kappa shape index (κ3) is 5.42. The summed E-state index contributed by atoms with van der Waals surface area (Å²) in [5, 5.41) is 2.30. The van der Waals surface area contributed by atoms with Crippen LogP contribution in [0.1, 0.15) is 5.56 Å². The van der Waals surface area contributed by atoms with Gasteiger partial charge >= 0.3 is 0 Å². The summed E-state index contributed by atoms with van der Waals surface area (Å²) < 4.78 is 54.6. The van der Waals surface area contributed by atoms with Crippen LogP contribution in [-0.2, 0) is 14.8 Å². The third-order valence-corrected chi connectivity index (χ3v) is 6.99. The van der Waals surface area contributed by atoms with Gasteiger partial charge in [-0.1, -0.05) is 17.7 Å². The zero-order chi connectivity index (χ0) is 22.6. The van der Waals surface area contributed by atoms with Gasteiger partial charge in [-0.3, -0.25) is 9.10 Å². The number of halogens is 2. The topological polar surface area (TPSA) is 66.5 Å². The zero-order valence-corrected chi connectivity index (χ0v) is 18.4. The van der Waals surface area contributed by atoms with Gasteiger partial charge in [-0.15, -0.1) is 11.8 Å². The average Bonchev–Trinajstić information content (AvgIpc) is 2.75. The highest BCUT2D eigenvalue weighted by atomic mass is 32.2. The molecule has 3 aromatic carbocycles. The lowest BCUT2D eigenvalue weighted by Crippen LogP contribution is -2.38. The van der Waals surface area contributed by atoms with Crippen LogP contribution in [0.4, 0.5) is 20.2 Å². The summed E-state index contributed by atoms with van der Waals surface area (Å²) in [6.07, 6.45) is 1.88. The molecule has 0 heterocycles. The van der Waals surface area contributed by atoms with Crippen molar-refractivity contribution in [3.63, 3.8) is 0 Å². The molecule has 31 heavy (non-hydrogen) atoms. The van der Waals surface area contributed by atoms with E-state index >= 15 is 0 Å². The maximum Gasteiger partial charge on any atom is 0.264 e. The molecule has 0 aliphatic rings. The second-order valence-corrected chi connectivity index (χ2v) is 9.44. The van der Waals surface area contributed by atoms with Crippen LogP contribution in [0.2, 0.25) is 0 Å². The quantitative estimate of drug-likeness (QED) is 0.511. The molecular formula is C22H20F2N2O3S2. The Morgan fingerprint density at radius 1 is 1.00 bits per heavy atom. The summed E-state index contributed by atoms with van der Waals surface area (Å²) in [7, 11) is -4.09. The van der Waals surface area contributed by atoms with E-state index in [1.807, 2.05) is 13.2 Å². The van der Waals surface area contributed by atoms with E-state index in [9.17, 15) is 22.0 Å². The largest absolute Gasteiger partial charge is 0.322 e. The maximum absolute atomic E-state index is 13.9. The average molecular weight is 463 g/mol. The van der Waals surface area contributed by atoms with Gasteiger partial charge in [-0.2, -0.15) is 0 Å². The Morgan fingerprint density at radius 2 is 1.65 bits per heavy atom. The van der Waals surface area contributed by atoms with Crippen LogP contribution in [0.3, 0.4) is 0 Å². The highest BCUT2D eigenvalue weighted by molar-refractivity contribution is 7.98. The normalized spacial score (nSPS) is 11.2. The number of thioether (sulfide) groups is 1. The van der Waals surface area contributed by atoms with Gasteiger partial charge in [0.15, 0.2) is 0 Å². The second kappa shape index (κ2) is 9.49. The first-order chi connectivity index (χ1) is 14.7. The number of sulfonamides is 1. The summed E-state index contributed by atoms with van der Waals surface area (Å²) in [5.41, 5.74) is 0.967. The number of nitrogens with one attached hydrogen (secondary N) is 1. The van der Waals surface area contributed by atoms with E-state index in [1.165, 1.54) is 23.9 Å². The summed E-state index contributed by atoms with van der Waals surface area (Å²) in [4.78, 5) is 13.5. The summed E-state index contributed by atoms with van der Waals surface area (Å²) in [6.45, 7) is 1.26. The first-order valence-corrected chi connectivity index (χ1v) is 11.9. The molecule has 0 aliphatic carbocycles. The van der Waals surface area contributed by atoms with E-state index in [1.54, 1.807) is 36.4 Å². The highest BCUT2D eigenvalue weighted by Gasteiger charge is 2.27. The molecule has 0 bridgehead atoms. The Hall–Kier alpha value is -2.91. The van der Waals surface area contributed by atoms with Crippen molar-refractivity contribution in [1.82, 2.24) is 0 Å². The van der Waals surface area contributed by atoms with Crippen LogP contribution in [-0.4, -0.2) is 27.1 Å². The molecule has 0 atom stereocenters. The van der Waals surface area contributed by atoms with Crippen molar-refractivity contribution in [2.45, 2.75) is 16.7 Å². The standard InChI is InChI=1S/C22H20F2N2O3S2/c1-15-3-6-17(7-4-15)26(31(28,29)19-10-8-18(30-2)9-11-19)14-22(27)25-21-12-5-16(23)13-20(21)24/h3-13H,14H2,1-2H3,(H,25,27). The molecule has 9 heteroatoms. The SMILES string of the molecule is CSc1ccc(S(=O)(=O)N(CC(=O)Nc2ccc(F)cc2F)c2ccc(C)cc2)cc1. The Kier molecular flexibility index (Phi) is 6.97. The third-order valence-electron chi connectivity index (χ3n) is 4.46. The predicted molar refractivity (Wildman–Crippen MR) is 119 cm³/mol. The van der Waals surface area contributed by atoms with E-state index in [0.29, 0.717) is 6.07 Å². The maximum atomic E-state index is 13.9. The van der Waals surface area contributed by atoms with Crippen molar-refractivity contribution in [2.24, 2.45) is 0 Å². The highest BCUT2D eigenvalue weighted by Crippen LogP contribution is 2.26. The smallest absolute Gasteiger partial charge is 0.264 e. The van der Waals surface area contributed by atoms with Gasteiger partial charge in [-0.05, 0) is 61.7 Å². The molecular weight excluding hydrogens is 442 g/mol. The minimum absolute atomic E-state index is 0.0200. The Morgan fingerprint density at radius 3 is 2.23 bits per heavy atom. The van der Waals surface area contributed by atoms with E-state index < -0.39 is 34.1 Å². The number of amides is 1. The minimum atomic E-state index is -4.09. The molecule has 1 amide bonds. The van der Waals surface area contributed by atoms with Crippen LogP contribution in [0.5, 0.6) is 0 Å². The molecule has 3 rings (SSSR count). The number of aryl methyl sites for hydroxylation is 1. The molecule has 0 aliphatic heterocycles. The van der Waals surface area contributed by atoms with Gasteiger partial charge in [0.2, 0.25) is 5.91 Å². The first kappa shape index (κ1) is 22.8. The zero-order valence-electron chi connectivity index (χ0n) is 16.8. The molecule has 0 saturated carbocycles. The fourth-order valence-electron chi connectivity index (χ4n) is 2.81. The van der Waals surface area contributed by atoms with Gasteiger partial charge < -0.3 is 5.32 Å². The van der Waals surface area contributed by atoms with Crippen molar-refractivity contribution in [1.29, 1.82) is 0 Å². The lowest BCUT2D eigenvalue weighted by atomic mass is 10.2. The molecule has 3 aromatic rings. The lowest BCUT2D eigenvalue weighted by molar-refractivity contribution is -0.114. The molecule has 162 valence electrons. The number of benzene rings is 3. The number of carbonyl (C=O) groups excluding carboxylic acids is 1. The predicted octanol–water partition coefficient (Wildman–Crippen LogP) is 4.83. The molecule has 1 N–H and O–H groups in total. The first-order valence-electron chi connectivity index (χ1n) is 9.19. The summed E-state index contributed by atoms with van der Waals surface area (Å²) in [6, 6.07) is 15.7. The van der Waals surface area contributed by atoms with Crippen LogP contribution in [0.25, 0.3) is 0 Å². The van der Waals surface area contributed by atoms with Crippen LogP contribution >= 0.6 is 11.8 Å². The second-order valence-electron chi connectivity index (χ2n) is 6.70. The van der Waals surface area contributed by atoms with Gasteiger partial charge in [0.1, 0.15) is 18.2 Å². The molecule has 0 fully saturated rings. The van der Waals surface area contributed by atoms with Crippen LogP contribution in [0, 0.1) is 18.6 Å². The monoisotopic (exact) mass is 462 g/mol. The number of rotatable bonds is 7. The van der Waals surface area contributed by atoms with E-state index in [-0.39, 0.29) is 16.3 Å². The molecule has 0 unspecified atom stereocenters. The fraction of sp³-hybridized carbons (Fsp3) is 0.136. The number of hydrogen-bond donors (Lipinski definition) is 1. The molecule has 0 aromatic heterocycles. The van der Waals surface area contributed by atoms with Crippen LogP contribution in [0.15, 0.2) is 76.5 Å². The van der Waals surface area contributed by atoms with E-state index in [2.05, 4.69) is 5.32 Å². The molecule has 0 radical (unpaired) electrons. The van der Waals surface area contributed by atoms with E-state index in [0.717, 1.165) is 26.9 Å². The molecule has 5 nitrogen and oxygen atoms in total. The van der Waals surface area contributed by atoms with Crippen molar-refractivity contribution < 1.29 is 22.0 Å². The van der Waals surface area contributed by atoms with Crippen molar-refractivity contribution in [2.75, 3.05) is 22.4 Å². The molecule has 0 spiro atoms. The Bertz CT molecular complexity index is 1180. The van der Waals surface area contributed by atoms with Crippen molar-refractivity contribution in [3.05, 3.63) is 83.9 Å². The van der Waals surface area contributed by atoms with Gasteiger partial charge in [0, 0.05) is 11.0 Å². The fourth-order valence-corrected chi connectivity index (χ4v) is 4.64.